The summed E-state index contributed by atoms with van der Waals surface area (Å²) in [6, 6.07) is 0. The fraction of sp³-hybridized carbons (Fsp3) is 0.556. The van der Waals surface area contributed by atoms with E-state index in [0.29, 0.717) is 5.25 Å². The summed E-state index contributed by atoms with van der Waals surface area (Å²) in [6.07, 6.45) is 1.11. The molecule has 70 valence electrons. The number of alkyl halides is 1. The summed E-state index contributed by atoms with van der Waals surface area (Å²) in [4.78, 5) is 8.82. The third-order valence-corrected chi connectivity index (χ3v) is 4.61. The number of aryl methyl sites for hydroxylation is 2. The van der Waals surface area contributed by atoms with Crippen molar-refractivity contribution < 1.29 is 0 Å². The van der Waals surface area contributed by atoms with E-state index in [2.05, 4.69) is 32.8 Å². The van der Waals surface area contributed by atoms with Gasteiger partial charge in [0.15, 0.2) is 0 Å². The maximum Gasteiger partial charge on any atom is 0.126 e. The van der Waals surface area contributed by atoms with Gasteiger partial charge < -0.3 is 0 Å². The van der Waals surface area contributed by atoms with Crippen molar-refractivity contribution in [1.82, 2.24) is 9.97 Å². The second-order valence-corrected chi connectivity index (χ2v) is 5.17. The predicted octanol–water partition coefficient (Wildman–Crippen LogP) is 2.51. The Labute approximate surface area is 90.7 Å². The first-order valence-corrected chi connectivity index (χ1v) is 6.27. The first-order valence-electron chi connectivity index (χ1n) is 4.27. The van der Waals surface area contributed by atoms with E-state index in [1.54, 1.807) is 0 Å². The molecule has 1 aliphatic rings. The highest BCUT2D eigenvalue weighted by atomic mass is 79.9. The fourth-order valence-electron chi connectivity index (χ4n) is 1.55. The van der Waals surface area contributed by atoms with Crippen LogP contribution in [0.1, 0.15) is 17.1 Å². The Morgan fingerprint density at radius 2 is 2.23 bits per heavy atom. The van der Waals surface area contributed by atoms with Crippen LogP contribution >= 0.6 is 27.7 Å². The summed E-state index contributed by atoms with van der Waals surface area (Å²) >= 11 is 5.38. The third-order valence-electron chi connectivity index (χ3n) is 2.17. The lowest BCUT2D eigenvalue weighted by atomic mass is 10.1. The number of rotatable bonds is 1. The summed E-state index contributed by atoms with van der Waals surface area (Å²) < 4.78 is 0. The Hall–Kier alpha value is -0.0900. The molecule has 1 atom stereocenters. The normalized spacial score (nSPS) is 20.4. The molecule has 0 aliphatic carbocycles. The van der Waals surface area contributed by atoms with Crippen molar-refractivity contribution in [3.05, 3.63) is 17.1 Å². The molecule has 2 rings (SSSR count). The molecular formula is C9H11BrN2S. The molecule has 2 heterocycles. The van der Waals surface area contributed by atoms with E-state index in [1.807, 2.05) is 18.7 Å². The summed E-state index contributed by atoms with van der Waals surface area (Å²) in [6.45, 7) is 4.03. The van der Waals surface area contributed by atoms with E-state index in [-0.39, 0.29) is 0 Å². The molecule has 0 amide bonds. The van der Waals surface area contributed by atoms with Crippen LogP contribution < -0.4 is 0 Å². The maximum atomic E-state index is 4.44. The first-order chi connectivity index (χ1) is 6.20. The van der Waals surface area contributed by atoms with Crippen molar-refractivity contribution in [2.45, 2.75) is 30.5 Å². The lowest BCUT2D eigenvalue weighted by Gasteiger charge is -2.01. The minimum Gasteiger partial charge on any atom is -0.238 e. The van der Waals surface area contributed by atoms with Gasteiger partial charge in [0.2, 0.25) is 0 Å². The van der Waals surface area contributed by atoms with Crippen LogP contribution in [0.2, 0.25) is 0 Å². The van der Waals surface area contributed by atoms with Crippen LogP contribution in [0.15, 0.2) is 5.03 Å². The van der Waals surface area contributed by atoms with Gasteiger partial charge in [0.25, 0.3) is 0 Å². The van der Waals surface area contributed by atoms with Crippen molar-refractivity contribution in [2.75, 3.05) is 5.33 Å². The fourth-order valence-corrected chi connectivity index (χ4v) is 3.36. The highest BCUT2D eigenvalue weighted by molar-refractivity contribution is 9.09. The van der Waals surface area contributed by atoms with Crippen LogP contribution in [-0.2, 0) is 6.42 Å². The predicted molar refractivity (Wildman–Crippen MR) is 58.6 cm³/mol. The lowest BCUT2D eigenvalue weighted by Crippen LogP contribution is -2.02. The second-order valence-electron chi connectivity index (χ2n) is 3.24. The van der Waals surface area contributed by atoms with E-state index >= 15 is 0 Å². The topological polar surface area (TPSA) is 25.8 Å². The Balaban J connectivity index is 2.40. The minimum absolute atomic E-state index is 0.643. The zero-order valence-corrected chi connectivity index (χ0v) is 10.1. The van der Waals surface area contributed by atoms with Gasteiger partial charge in [0, 0.05) is 21.8 Å². The number of aromatic nitrogens is 2. The van der Waals surface area contributed by atoms with Crippen LogP contribution in [0.5, 0.6) is 0 Å². The highest BCUT2D eigenvalue weighted by Crippen LogP contribution is 2.37. The molecule has 0 aromatic carbocycles. The Morgan fingerprint density at radius 3 is 2.92 bits per heavy atom. The van der Waals surface area contributed by atoms with Gasteiger partial charge in [0.1, 0.15) is 10.9 Å². The van der Waals surface area contributed by atoms with E-state index in [1.165, 1.54) is 10.6 Å². The lowest BCUT2D eigenvalue weighted by molar-refractivity contribution is 0.869. The van der Waals surface area contributed by atoms with Gasteiger partial charge in [-0.1, -0.05) is 15.9 Å². The highest BCUT2D eigenvalue weighted by Gasteiger charge is 2.24. The molecule has 1 aromatic rings. The number of thioether (sulfide) groups is 1. The summed E-state index contributed by atoms with van der Waals surface area (Å²) in [5, 5.41) is 2.87. The molecular weight excluding hydrogens is 248 g/mol. The molecule has 0 fully saturated rings. The summed E-state index contributed by atoms with van der Waals surface area (Å²) in [5.41, 5.74) is 2.50. The largest absolute Gasteiger partial charge is 0.238 e. The number of hydrogen-bond acceptors (Lipinski definition) is 3. The smallest absolute Gasteiger partial charge is 0.126 e. The molecule has 0 radical (unpaired) electrons. The Kier molecular flexibility index (Phi) is 2.60. The molecule has 13 heavy (non-hydrogen) atoms. The van der Waals surface area contributed by atoms with Crippen molar-refractivity contribution in [2.24, 2.45) is 0 Å². The number of hydrogen-bond donors (Lipinski definition) is 0. The molecule has 0 N–H and O–H groups in total. The van der Waals surface area contributed by atoms with E-state index < -0.39 is 0 Å². The Bertz CT molecular complexity index is 341. The van der Waals surface area contributed by atoms with Crippen LogP contribution in [-0.4, -0.2) is 20.5 Å². The minimum atomic E-state index is 0.643. The summed E-state index contributed by atoms with van der Waals surface area (Å²) in [5.74, 6) is 0.888. The van der Waals surface area contributed by atoms with Gasteiger partial charge in [-0.15, -0.1) is 11.8 Å². The van der Waals surface area contributed by atoms with Gasteiger partial charge >= 0.3 is 0 Å². The monoisotopic (exact) mass is 258 g/mol. The second kappa shape index (κ2) is 3.58. The molecule has 1 aromatic heterocycles. The van der Waals surface area contributed by atoms with Crippen molar-refractivity contribution in [3.8, 4) is 0 Å². The zero-order valence-electron chi connectivity index (χ0n) is 7.67. The maximum absolute atomic E-state index is 4.44. The quantitative estimate of drug-likeness (QED) is 0.572. The number of nitrogens with zero attached hydrogens (tertiary/aromatic N) is 2. The molecule has 0 bridgehead atoms. The van der Waals surface area contributed by atoms with Crippen molar-refractivity contribution in [3.63, 3.8) is 0 Å². The third kappa shape index (κ3) is 1.74. The van der Waals surface area contributed by atoms with E-state index in [4.69, 9.17) is 0 Å². The van der Waals surface area contributed by atoms with Gasteiger partial charge in [-0.2, -0.15) is 0 Å². The zero-order chi connectivity index (χ0) is 9.42. The van der Waals surface area contributed by atoms with Gasteiger partial charge in [0.05, 0.1) is 0 Å². The van der Waals surface area contributed by atoms with E-state index in [9.17, 15) is 0 Å². The average molecular weight is 259 g/mol. The van der Waals surface area contributed by atoms with E-state index in [0.717, 1.165) is 23.3 Å². The number of halogens is 1. The van der Waals surface area contributed by atoms with Crippen LogP contribution in [0.25, 0.3) is 0 Å². The van der Waals surface area contributed by atoms with Crippen LogP contribution in [0.3, 0.4) is 0 Å². The summed E-state index contributed by atoms with van der Waals surface area (Å²) in [7, 11) is 0. The molecule has 0 saturated heterocycles. The molecule has 0 spiro atoms. The molecule has 2 nitrogen and oxygen atoms in total. The number of fused-ring (bicyclic) bond motifs is 1. The molecule has 0 saturated carbocycles. The molecule has 0 unspecified atom stereocenters. The van der Waals surface area contributed by atoms with Crippen molar-refractivity contribution >= 4 is 27.7 Å². The standard InChI is InChI=1S/C9H11BrN2S/c1-5-8-3-7(4-10)13-9(8)12-6(2)11-5/h7H,3-4H2,1-2H3/t7-/m1/s1. The van der Waals surface area contributed by atoms with Gasteiger partial charge in [-0.25, -0.2) is 9.97 Å². The van der Waals surface area contributed by atoms with Crippen LogP contribution in [0, 0.1) is 13.8 Å². The van der Waals surface area contributed by atoms with Crippen molar-refractivity contribution in [1.29, 1.82) is 0 Å². The van der Waals surface area contributed by atoms with Gasteiger partial charge in [-0.05, 0) is 20.3 Å². The Morgan fingerprint density at radius 1 is 1.46 bits per heavy atom. The van der Waals surface area contributed by atoms with Crippen LogP contribution in [0.4, 0.5) is 0 Å². The average Bonchev–Trinajstić information content (AvgIpc) is 2.47. The first kappa shape index (κ1) is 9.46. The molecule has 1 aliphatic heterocycles. The SMILES string of the molecule is Cc1nc(C)c2c(n1)S[C@@H](CBr)C2. The van der Waals surface area contributed by atoms with Gasteiger partial charge in [-0.3, -0.25) is 0 Å². The molecule has 4 heteroatoms.